The van der Waals surface area contributed by atoms with Crippen molar-refractivity contribution in [2.45, 2.75) is 31.2 Å². The summed E-state index contributed by atoms with van der Waals surface area (Å²) >= 11 is 0. The fourth-order valence-electron chi connectivity index (χ4n) is 3.75. The van der Waals surface area contributed by atoms with Gasteiger partial charge in [0.1, 0.15) is 6.04 Å². The Labute approximate surface area is 153 Å². The van der Waals surface area contributed by atoms with Gasteiger partial charge >= 0.3 is 6.01 Å². The molecule has 5 heterocycles. The van der Waals surface area contributed by atoms with Crippen molar-refractivity contribution < 1.29 is 8.81 Å². The third kappa shape index (κ3) is 2.27. The molecule has 136 valence electrons. The molecular weight excluding hydrogens is 349 g/mol. The summed E-state index contributed by atoms with van der Waals surface area (Å²) in [6.45, 7) is 0.683. The monoisotopic (exact) mass is 365 g/mol. The lowest BCUT2D eigenvalue weighted by Crippen LogP contribution is -2.37. The number of rotatable bonds is 3. The summed E-state index contributed by atoms with van der Waals surface area (Å²) in [4.78, 5) is 9.72. The SMILES string of the molecule is Fc1cccc2cc(C3c4nc[nH]c4CCN3c3nnc(C4CC4)o3)nn12. The number of fused-ring (bicyclic) bond motifs is 2. The Hall–Kier alpha value is -3.23. The van der Waals surface area contributed by atoms with Crippen LogP contribution in [0.2, 0.25) is 0 Å². The van der Waals surface area contributed by atoms with E-state index in [1.165, 1.54) is 10.6 Å². The molecular formula is C18H16FN7O. The van der Waals surface area contributed by atoms with Gasteiger partial charge in [0.05, 0.1) is 23.2 Å². The minimum absolute atomic E-state index is 0.313. The Morgan fingerprint density at radius 2 is 2.15 bits per heavy atom. The van der Waals surface area contributed by atoms with E-state index >= 15 is 0 Å². The standard InChI is InChI=1S/C18H16FN7O/c19-14-3-1-2-11-8-13(24-26(11)14)16-15-12(20-9-21-15)6-7-25(16)18-23-22-17(27-18)10-4-5-10/h1-3,8-10,16H,4-7H2,(H,20,21). The molecule has 0 spiro atoms. The van der Waals surface area contributed by atoms with Crippen LogP contribution in [0, 0.1) is 5.95 Å². The summed E-state index contributed by atoms with van der Waals surface area (Å²) in [5.74, 6) is 0.675. The molecule has 4 aromatic heterocycles. The molecule has 1 unspecified atom stereocenters. The Morgan fingerprint density at radius 1 is 1.22 bits per heavy atom. The van der Waals surface area contributed by atoms with Crippen molar-refractivity contribution in [3.8, 4) is 0 Å². The van der Waals surface area contributed by atoms with Gasteiger partial charge < -0.3 is 14.3 Å². The molecule has 6 rings (SSSR count). The van der Waals surface area contributed by atoms with Gasteiger partial charge in [-0.2, -0.15) is 9.49 Å². The highest BCUT2D eigenvalue weighted by Crippen LogP contribution is 2.42. The van der Waals surface area contributed by atoms with Crippen molar-refractivity contribution in [1.29, 1.82) is 0 Å². The van der Waals surface area contributed by atoms with E-state index in [9.17, 15) is 4.39 Å². The van der Waals surface area contributed by atoms with Gasteiger partial charge in [-0.15, -0.1) is 5.10 Å². The van der Waals surface area contributed by atoms with Crippen LogP contribution in [0.15, 0.2) is 35.0 Å². The van der Waals surface area contributed by atoms with Gasteiger partial charge in [-0.25, -0.2) is 9.50 Å². The maximum Gasteiger partial charge on any atom is 0.319 e. The second-order valence-corrected chi connectivity index (χ2v) is 7.06. The number of aromatic amines is 1. The van der Waals surface area contributed by atoms with E-state index in [2.05, 4.69) is 25.3 Å². The second-order valence-electron chi connectivity index (χ2n) is 7.06. The first-order chi connectivity index (χ1) is 13.3. The second kappa shape index (κ2) is 5.38. The first-order valence-corrected chi connectivity index (χ1v) is 9.04. The highest BCUT2D eigenvalue weighted by atomic mass is 19.1. The number of hydrogen-bond donors (Lipinski definition) is 1. The fraction of sp³-hybridized carbons (Fsp3) is 0.333. The molecule has 9 heteroatoms. The number of pyridine rings is 1. The molecule has 1 saturated carbocycles. The number of nitrogens with one attached hydrogen (secondary N) is 1. The molecule has 1 atom stereocenters. The fourth-order valence-corrected chi connectivity index (χ4v) is 3.75. The van der Waals surface area contributed by atoms with Crippen LogP contribution < -0.4 is 4.90 Å². The van der Waals surface area contributed by atoms with E-state index in [0.717, 1.165) is 30.7 Å². The predicted octanol–water partition coefficient (Wildman–Crippen LogP) is 2.61. The normalized spacial score (nSPS) is 19.6. The van der Waals surface area contributed by atoms with Crippen molar-refractivity contribution in [1.82, 2.24) is 29.8 Å². The zero-order valence-corrected chi connectivity index (χ0v) is 14.3. The Morgan fingerprint density at radius 3 is 3.00 bits per heavy atom. The zero-order chi connectivity index (χ0) is 18.0. The topological polar surface area (TPSA) is 88.1 Å². The minimum Gasteiger partial charge on any atom is -0.408 e. The number of anilines is 1. The van der Waals surface area contributed by atoms with Crippen molar-refractivity contribution in [3.05, 3.63) is 59.5 Å². The van der Waals surface area contributed by atoms with Crippen molar-refractivity contribution in [3.63, 3.8) is 0 Å². The summed E-state index contributed by atoms with van der Waals surface area (Å²) in [5, 5.41) is 13.0. The van der Waals surface area contributed by atoms with Gasteiger partial charge in [-0.3, -0.25) is 0 Å². The first-order valence-electron chi connectivity index (χ1n) is 9.04. The zero-order valence-electron chi connectivity index (χ0n) is 14.3. The van der Waals surface area contributed by atoms with Crippen LogP contribution >= 0.6 is 0 Å². The van der Waals surface area contributed by atoms with Crippen LogP contribution in [0.4, 0.5) is 10.4 Å². The molecule has 1 aliphatic heterocycles. The number of halogens is 1. The summed E-state index contributed by atoms with van der Waals surface area (Å²) in [5.41, 5.74) is 3.29. The van der Waals surface area contributed by atoms with Gasteiger partial charge in [0.25, 0.3) is 0 Å². The lowest BCUT2D eigenvalue weighted by Gasteiger charge is -2.32. The van der Waals surface area contributed by atoms with E-state index in [-0.39, 0.29) is 6.04 Å². The molecule has 2 aliphatic rings. The third-order valence-corrected chi connectivity index (χ3v) is 5.27. The largest absolute Gasteiger partial charge is 0.408 e. The molecule has 0 aromatic carbocycles. The Kier molecular flexibility index (Phi) is 2.97. The predicted molar refractivity (Wildman–Crippen MR) is 92.9 cm³/mol. The lowest BCUT2D eigenvalue weighted by molar-refractivity contribution is 0.462. The van der Waals surface area contributed by atoms with Gasteiger partial charge in [-0.05, 0) is 31.0 Å². The summed E-state index contributed by atoms with van der Waals surface area (Å²) in [7, 11) is 0. The van der Waals surface area contributed by atoms with Gasteiger partial charge in [-0.1, -0.05) is 11.2 Å². The van der Waals surface area contributed by atoms with Crippen LogP contribution in [0.25, 0.3) is 5.52 Å². The number of aromatic nitrogens is 6. The van der Waals surface area contributed by atoms with Gasteiger partial charge in [0.15, 0.2) is 0 Å². The summed E-state index contributed by atoms with van der Waals surface area (Å²) in [6, 6.07) is 6.93. The molecule has 0 radical (unpaired) electrons. The Balaban J connectivity index is 1.49. The highest BCUT2D eigenvalue weighted by Gasteiger charge is 2.37. The van der Waals surface area contributed by atoms with Crippen LogP contribution in [-0.4, -0.2) is 36.3 Å². The molecule has 0 amide bonds. The molecule has 8 nitrogen and oxygen atoms in total. The van der Waals surface area contributed by atoms with E-state index in [1.54, 1.807) is 12.4 Å². The van der Waals surface area contributed by atoms with Crippen LogP contribution in [0.5, 0.6) is 0 Å². The third-order valence-electron chi connectivity index (χ3n) is 5.27. The highest BCUT2D eigenvalue weighted by molar-refractivity contribution is 5.52. The van der Waals surface area contributed by atoms with Crippen LogP contribution in [0.3, 0.4) is 0 Å². The minimum atomic E-state index is -0.405. The van der Waals surface area contributed by atoms with Gasteiger partial charge in [0.2, 0.25) is 11.8 Å². The number of H-pyrrole nitrogens is 1. The summed E-state index contributed by atoms with van der Waals surface area (Å²) in [6.07, 6.45) is 4.66. The van der Waals surface area contributed by atoms with Crippen molar-refractivity contribution in [2.24, 2.45) is 0 Å². The average molecular weight is 365 g/mol. The number of imidazole rings is 1. The molecule has 0 bridgehead atoms. The lowest BCUT2D eigenvalue weighted by atomic mass is 10.0. The summed E-state index contributed by atoms with van der Waals surface area (Å²) < 4.78 is 21.4. The molecule has 1 N–H and O–H groups in total. The molecule has 27 heavy (non-hydrogen) atoms. The van der Waals surface area contributed by atoms with Crippen molar-refractivity contribution >= 4 is 11.5 Å². The van der Waals surface area contributed by atoms with Crippen LogP contribution in [0.1, 0.15) is 47.8 Å². The van der Waals surface area contributed by atoms with E-state index in [0.29, 0.717) is 35.6 Å². The Bertz CT molecular complexity index is 1140. The smallest absolute Gasteiger partial charge is 0.319 e. The molecule has 1 aliphatic carbocycles. The molecule has 0 saturated heterocycles. The van der Waals surface area contributed by atoms with Crippen LogP contribution in [-0.2, 0) is 6.42 Å². The van der Waals surface area contributed by atoms with Gasteiger partial charge in [0, 0.05) is 24.6 Å². The van der Waals surface area contributed by atoms with E-state index < -0.39 is 5.95 Å². The van der Waals surface area contributed by atoms with E-state index in [4.69, 9.17) is 4.42 Å². The van der Waals surface area contributed by atoms with E-state index in [1.807, 2.05) is 17.0 Å². The van der Waals surface area contributed by atoms with Crippen molar-refractivity contribution in [2.75, 3.05) is 11.4 Å². The molecule has 4 aromatic rings. The maximum absolute atomic E-state index is 14.1. The molecule has 1 fully saturated rings. The quantitative estimate of drug-likeness (QED) is 0.562. The maximum atomic E-state index is 14.1. The average Bonchev–Trinajstić information content (AvgIpc) is 3.11. The number of hydrogen-bond acceptors (Lipinski definition) is 6. The number of nitrogens with zero attached hydrogens (tertiary/aromatic N) is 6. The first kappa shape index (κ1) is 14.9.